The second-order valence-corrected chi connectivity index (χ2v) is 7.39. The fourth-order valence-electron chi connectivity index (χ4n) is 3.87. The summed E-state index contributed by atoms with van der Waals surface area (Å²) >= 11 is 15.3. The van der Waals surface area contributed by atoms with Gasteiger partial charge in [0, 0.05) is 15.4 Å². The Bertz CT molecular complexity index is 525. The van der Waals surface area contributed by atoms with E-state index in [9.17, 15) is 0 Å². The zero-order valence-electron chi connectivity index (χ0n) is 8.98. The molecule has 0 saturated heterocycles. The Balaban J connectivity index is 1.93. The number of hydrogen-bond donors (Lipinski definition) is 0. The molecular formula is C14H11Cl2I. The topological polar surface area (TPSA) is 0 Å². The van der Waals surface area contributed by atoms with Gasteiger partial charge < -0.3 is 0 Å². The SMILES string of the molecule is Cl[C@@H]1[C@H](Cl)[C@H]2[C@@H]1[C@H]1C=C[C@H]2c2c(I)cccc21. The van der Waals surface area contributed by atoms with Crippen LogP contribution in [0.4, 0.5) is 0 Å². The van der Waals surface area contributed by atoms with Crippen molar-refractivity contribution in [3.05, 3.63) is 45.0 Å². The molecule has 1 saturated carbocycles. The molecule has 0 heterocycles. The molecule has 2 bridgehead atoms. The Morgan fingerprint density at radius 1 is 0.941 bits per heavy atom. The molecule has 1 fully saturated rings. The van der Waals surface area contributed by atoms with Crippen molar-refractivity contribution >= 4 is 45.8 Å². The average molecular weight is 377 g/mol. The highest BCUT2D eigenvalue weighted by atomic mass is 127. The van der Waals surface area contributed by atoms with E-state index in [2.05, 4.69) is 52.9 Å². The van der Waals surface area contributed by atoms with Crippen molar-refractivity contribution in [1.82, 2.24) is 0 Å². The molecule has 5 rings (SSSR count). The van der Waals surface area contributed by atoms with Crippen LogP contribution >= 0.6 is 45.8 Å². The van der Waals surface area contributed by atoms with Gasteiger partial charge in [0.05, 0.1) is 10.8 Å². The first-order valence-electron chi connectivity index (χ1n) is 5.95. The van der Waals surface area contributed by atoms with E-state index in [1.165, 1.54) is 14.7 Å². The van der Waals surface area contributed by atoms with Gasteiger partial charge in [-0.1, -0.05) is 24.3 Å². The van der Waals surface area contributed by atoms with Crippen molar-refractivity contribution in [1.29, 1.82) is 0 Å². The molecule has 4 aliphatic carbocycles. The van der Waals surface area contributed by atoms with Crippen LogP contribution in [0.2, 0.25) is 0 Å². The standard InChI is InChI=1S/C14H11Cl2I/c15-13-11-7-4-5-8(12(11)14(13)16)10-6(7)2-1-3-9(10)17/h1-5,7-8,11-14H/t7-,8-,11-,12+,13-,14+/m0/s1. The zero-order chi connectivity index (χ0) is 11.7. The van der Waals surface area contributed by atoms with E-state index in [4.69, 9.17) is 23.2 Å². The van der Waals surface area contributed by atoms with Crippen LogP contribution in [0, 0.1) is 15.4 Å². The number of hydrogen-bond acceptors (Lipinski definition) is 0. The lowest BCUT2D eigenvalue weighted by Gasteiger charge is -2.58. The van der Waals surface area contributed by atoms with Crippen molar-refractivity contribution in [3.63, 3.8) is 0 Å². The van der Waals surface area contributed by atoms with Crippen molar-refractivity contribution in [2.75, 3.05) is 0 Å². The molecule has 88 valence electrons. The van der Waals surface area contributed by atoms with E-state index in [-0.39, 0.29) is 10.8 Å². The first-order valence-corrected chi connectivity index (χ1v) is 7.90. The third-order valence-corrected chi connectivity index (χ3v) is 6.81. The maximum absolute atomic E-state index is 6.42. The van der Waals surface area contributed by atoms with Crippen LogP contribution < -0.4 is 0 Å². The molecule has 0 unspecified atom stereocenters. The number of alkyl halides is 2. The monoisotopic (exact) mass is 376 g/mol. The van der Waals surface area contributed by atoms with E-state index in [0.29, 0.717) is 23.7 Å². The minimum atomic E-state index is 0.142. The van der Waals surface area contributed by atoms with E-state index in [1.54, 1.807) is 0 Å². The molecule has 0 aliphatic heterocycles. The average Bonchev–Trinajstić information content (AvgIpc) is 2.37. The summed E-state index contributed by atoms with van der Waals surface area (Å²) < 4.78 is 1.37. The van der Waals surface area contributed by atoms with Crippen molar-refractivity contribution in [3.8, 4) is 0 Å². The summed E-state index contributed by atoms with van der Waals surface area (Å²) in [5.41, 5.74) is 3.00. The van der Waals surface area contributed by atoms with Gasteiger partial charge in [-0.3, -0.25) is 0 Å². The highest BCUT2D eigenvalue weighted by Gasteiger charge is 2.59. The predicted molar refractivity (Wildman–Crippen MR) is 80.0 cm³/mol. The van der Waals surface area contributed by atoms with Gasteiger partial charge in [0.2, 0.25) is 0 Å². The van der Waals surface area contributed by atoms with Gasteiger partial charge in [-0.05, 0) is 51.6 Å². The van der Waals surface area contributed by atoms with Crippen LogP contribution in [0.1, 0.15) is 23.0 Å². The second-order valence-electron chi connectivity index (χ2n) is 5.22. The molecule has 1 aromatic rings. The molecule has 0 radical (unpaired) electrons. The van der Waals surface area contributed by atoms with Crippen molar-refractivity contribution < 1.29 is 0 Å². The molecule has 0 amide bonds. The lowest BCUT2D eigenvalue weighted by atomic mass is 9.51. The molecule has 6 atom stereocenters. The summed E-state index contributed by atoms with van der Waals surface area (Å²) in [6, 6.07) is 6.62. The van der Waals surface area contributed by atoms with E-state index in [1.807, 2.05) is 0 Å². The maximum atomic E-state index is 6.42. The Morgan fingerprint density at radius 2 is 1.59 bits per heavy atom. The summed E-state index contributed by atoms with van der Waals surface area (Å²) in [5, 5.41) is 0.286. The summed E-state index contributed by atoms with van der Waals surface area (Å²) in [7, 11) is 0. The van der Waals surface area contributed by atoms with Crippen molar-refractivity contribution in [2.45, 2.75) is 22.6 Å². The van der Waals surface area contributed by atoms with Gasteiger partial charge in [-0.25, -0.2) is 0 Å². The number of halogens is 3. The van der Waals surface area contributed by atoms with Gasteiger partial charge in [0.15, 0.2) is 0 Å². The normalized spacial score (nSPS) is 45.1. The smallest absolute Gasteiger partial charge is 0.0543 e. The molecular weight excluding hydrogens is 366 g/mol. The minimum absolute atomic E-state index is 0.142. The highest BCUT2D eigenvalue weighted by Crippen LogP contribution is 2.63. The van der Waals surface area contributed by atoms with E-state index in [0.717, 1.165) is 0 Å². The number of benzene rings is 1. The van der Waals surface area contributed by atoms with Crippen LogP contribution in [0.25, 0.3) is 0 Å². The third-order valence-electron chi connectivity index (χ3n) is 4.62. The molecule has 0 nitrogen and oxygen atoms in total. The fraction of sp³-hybridized carbons (Fsp3) is 0.429. The fourth-order valence-corrected chi connectivity index (χ4v) is 5.73. The van der Waals surface area contributed by atoms with E-state index < -0.39 is 0 Å². The second kappa shape index (κ2) is 3.64. The first kappa shape index (κ1) is 11.1. The predicted octanol–water partition coefficient (Wildman–Crippen LogP) is 4.50. The van der Waals surface area contributed by atoms with Crippen molar-refractivity contribution in [2.24, 2.45) is 11.8 Å². The molecule has 0 spiro atoms. The summed E-state index contributed by atoms with van der Waals surface area (Å²) in [4.78, 5) is 0. The third kappa shape index (κ3) is 1.26. The summed E-state index contributed by atoms with van der Waals surface area (Å²) in [5.74, 6) is 2.09. The lowest BCUT2D eigenvalue weighted by Crippen LogP contribution is -2.57. The number of allylic oxidation sites excluding steroid dienone is 2. The first-order chi connectivity index (χ1) is 8.20. The Kier molecular flexibility index (Phi) is 2.38. The van der Waals surface area contributed by atoms with Gasteiger partial charge >= 0.3 is 0 Å². The molecule has 17 heavy (non-hydrogen) atoms. The lowest BCUT2D eigenvalue weighted by molar-refractivity contribution is 0.129. The Morgan fingerprint density at radius 3 is 2.35 bits per heavy atom. The van der Waals surface area contributed by atoms with E-state index >= 15 is 0 Å². The number of rotatable bonds is 0. The largest absolute Gasteiger partial charge is 0.121 e. The minimum Gasteiger partial charge on any atom is -0.121 e. The molecule has 0 N–H and O–H groups in total. The summed E-state index contributed by atoms with van der Waals surface area (Å²) in [6.45, 7) is 0. The Labute approximate surface area is 125 Å². The van der Waals surface area contributed by atoms with Crippen LogP contribution in [0.5, 0.6) is 0 Å². The van der Waals surface area contributed by atoms with Gasteiger partial charge in [-0.15, -0.1) is 23.2 Å². The van der Waals surface area contributed by atoms with Crippen LogP contribution in [-0.2, 0) is 0 Å². The van der Waals surface area contributed by atoms with Gasteiger partial charge in [0.25, 0.3) is 0 Å². The van der Waals surface area contributed by atoms with Gasteiger partial charge in [-0.2, -0.15) is 0 Å². The maximum Gasteiger partial charge on any atom is 0.0543 e. The van der Waals surface area contributed by atoms with Crippen LogP contribution in [0.3, 0.4) is 0 Å². The molecule has 4 aliphatic rings. The molecule has 3 heteroatoms. The van der Waals surface area contributed by atoms with Crippen LogP contribution in [-0.4, -0.2) is 10.8 Å². The summed E-state index contributed by atoms with van der Waals surface area (Å²) in [6.07, 6.45) is 4.71. The highest BCUT2D eigenvalue weighted by molar-refractivity contribution is 14.1. The van der Waals surface area contributed by atoms with Gasteiger partial charge in [0.1, 0.15) is 0 Å². The quantitative estimate of drug-likeness (QED) is 0.355. The van der Waals surface area contributed by atoms with Crippen LogP contribution in [0.15, 0.2) is 30.4 Å². The molecule has 0 aromatic heterocycles. The molecule has 1 aromatic carbocycles. The zero-order valence-corrected chi connectivity index (χ0v) is 12.7. The Hall–Kier alpha value is 0.270.